The van der Waals surface area contributed by atoms with Gasteiger partial charge in [0.15, 0.2) is 0 Å². The van der Waals surface area contributed by atoms with E-state index in [1.807, 2.05) is 0 Å². The van der Waals surface area contributed by atoms with E-state index in [2.05, 4.69) is 26.1 Å². The Kier molecular flexibility index (Phi) is 6.67. The third-order valence-electron chi connectivity index (χ3n) is 4.76. The molecule has 0 bridgehead atoms. The molecule has 1 aromatic rings. The summed E-state index contributed by atoms with van der Waals surface area (Å²) in [6.45, 7) is 6.55. The standard InChI is InChI=1S/C19H26ClNO3/c1-12(2)14-9-8-13(3)10-17(14)24-19(23)15-6-4-5-7-16(15)21-18(22)11-20/h4-7,12-14,17H,8-11H2,1-3H3,(H,21,22)/t13-,14-,17+/m1/s1. The fraction of sp³-hybridized carbons (Fsp3) is 0.579. The van der Waals surface area contributed by atoms with Gasteiger partial charge in [-0.3, -0.25) is 4.79 Å². The van der Waals surface area contributed by atoms with E-state index >= 15 is 0 Å². The number of anilines is 1. The van der Waals surface area contributed by atoms with E-state index in [4.69, 9.17) is 16.3 Å². The summed E-state index contributed by atoms with van der Waals surface area (Å²) in [7, 11) is 0. The number of amides is 1. The van der Waals surface area contributed by atoms with Gasteiger partial charge in [0.05, 0.1) is 11.3 Å². The highest BCUT2D eigenvalue weighted by Gasteiger charge is 2.34. The Morgan fingerprint density at radius 2 is 2.00 bits per heavy atom. The minimum Gasteiger partial charge on any atom is -0.458 e. The highest BCUT2D eigenvalue weighted by Crippen LogP contribution is 2.36. The van der Waals surface area contributed by atoms with Gasteiger partial charge >= 0.3 is 5.97 Å². The zero-order chi connectivity index (χ0) is 17.7. The molecule has 0 aromatic heterocycles. The molecule has 1 fully saturated rings. The summed E-state index contributed by atoms with van der Waals surface area (Å²) in [5.41, 5.74) is 0.815. The maximum absolute atomic E-state index is 12.7. The molecule has 1 aliphatic carbocycles. The minimum absolute atomic E-state index is 0.0713. The molecule has 0 saturated heterocycles. The van der Waals surface area contributed by atoms with E-state index in [1.54, 1.807) is 24.3 Å². The van der Waals surface area contributed by atoms with Crippen molar-refractivity contribution in [2.24, 2.45) is 17.8 Å². The number of rotatable bonds is 5. The summed E-state index contributed by atoms with van der Waals surface area (Å²) in [5, 5.41) is 2.65. The number of hydrogen-bond donors (Lipinski definition) is 1. The first-order valence-electron chi connectivity index (χ1n) is 8.58. The first-order valence-corrected chi connectivity index (χ1v) is 9.11. The second-order valence-electron chi connectivity index (χ2n) is 7.00. The van der Waals surface area contributed by atoms with Gasteiger partial charge < -0.3 is 10.1 Å². The average molecular weight is 352 g/mol. The van der Waals surface area contributed by atoms with Crippen LogP contribution in [0.4, 0.5) is 5.69 Å². The molecule has 1 N–H and O–H groups in total. The third-order valence-corrected chi connectivity index (χ3v) is 5.00. The minimum atomic E-state index is -0.384. The molecule has 24 heavy (non-hydrogen) atoms. The second-order valence-corrected chi connectivity index (χ2v) is 7.26. The topological polar surface area (TPSA) is 55.4 Å². The molecule has 4 nitrogen and oxygen atoms in total. The number of nitrogens with one attached hydrogen (secondary N) is 1. The first-order chi connectivity index (χ1) is 11.4. The smallest absolute Gasteiger partial charge is 0.340 e. The number of benzene rings is 1. The molecule has 0 unspecified atom stereocenters. The van der Waals surface area contributed by atoms with Crippen LogP contribution in [0.2, 0.25) is 0 Å². The van der Waals surface area contributed by atoms with Gasteiger partial charge in [0, 0.05) is 0 Å². The SMILES string of the molecule is CC(C)[C@H]1CC[C@@H](C)C[C@@H]1OC(=O)c1ccccc1NC(=O)CCl. The van der Waals surface area contributed by atoms with Crippen LogP contribution in [0.25, 0.3) is 0 Å². The Balaban J connectivity index is 2.15. The van der Waals surface area contributed by atoms with Gasteiger partial charge in [-0.2, -0.15) is 0 Å². The Hall–Kier alpha value is -1.55. The highest BCUT2D eigenvalue weighted by atomic mass is 35.5. The molecule has 1 amide bonds. The lowest BCUT2D eigenvalue weighted by molar-refractivity contribution is -0.113. The monoisotopic (exact) mass is 351 g/mol. The van der Waals surface area contributed by atoms with E-state index in [9.17, 15) is 9.59 Å². The Morgan fingerprint density at radius 3 is 2.67 bits per heavy atom. The molecule has 1 aromatic carbocycles. The lowest BCUT2D eigenvalue weighted by atomic mass is 9.75. The van der Waals surface area contributed by atoms with E-state index in [-0.39, 0.29) is 23.9 Å². The Bertz CT molecular complexity index is 588. The van der Waals surface area contributed by atoms with E-state index < -0.39 is 0 Å². The number of para-hydroxylation sites is 1. The molecule has 1 aliphatic rings. The summed E-state index contributed by atoms with van der Waals surface area (Å²) in [6.07, 6.45) is 3.09. The fourth-order valence-corrected chi connectivity index (χ4v) is 3.47. The third kappa shape index (κ3) is 4.73. The Morgan fingerprint density at radius 1 is 1.29 bits per heavy atom. The molecule has 5 heteroatoms. The largest absolute Gasteiger partial charge is 0.458 e. The number of carbonyl (C=O) groups is 2. The highest BCUT2D eigenvalue weighted by molar-refractivity contribution is 6.29. The van der Waals surface area contributed by atoms with Crippen LogP contribution in [-0.4, -0.2) is 23.9 Å². The predicted octanol–water partition coefficient (Wildman–Crippen LogP) is 4.48. The molecule has 2 rings (SSSR count). The van der Waals surface area contributed by atoms with Crippen LogP contribution >= 0.6 is 11.6 Å². The lowest BCUT2D eigenvalue weighted by Crippen LogP contribution is -2.36. The summed E-state index contributed by atoms with van der Waals surface area (Å²) < 4.78 is 5.85. The van der Waals surface area contributed by atoms with Gasteiger partial charge in [-0.15, -0.1) is 11.6 Å². The normalized spacial score (nSPS) is 23.8. The molecule has 1 saturated carbocycles. The summed E-state index contributed by atoms with van der Waals surface area (Å²) in [4.78, 5) is 24.2. The molecule has 0 heterocycles. The van der Waals surface area contributed by atoms with Crippen LogP contribution in [0.15, 0.2) is 24.3 Å². The molecule has 0 aliphatic heterocycles. The van der Waals surface area contributed by atoms with E-state index in [1.165, 1.54) is 6.42 Å². The number of carbonyl (C=O) groups excluding carboxylic acids is 2. The van der Waals surface area contributed by atoms with Gasteiger partial charge in [-0.1, -0.05) is 39.3 Å². The van der Waals surface area contributed by atoms with Crippen LogP contribution in [0.1, 0.15) is 50.4 Å². The van der Waals surface area contributed by atoms with Crippen LogP contribution in [0.3, 0.4) is 0 Å². The number of esters is 1. The first kappa shape index (κ1) is 18.8. The van der Waals surface area contributed by atoms with Crippen molar-refractivity contribution >= 4 is 29.2 Å². The van der Waals surface area contributed by atoms with Crippen LogP contribution in [0.5, 0.6) is 0 Å². The number of alkyl halides is 1. The van der Waals surface area contributed by atoms with Crippen molar-refractivity contribution in [1.82, 2.24) is 0 Å². The van der Waals surface area contributed by atoms with Crippen molar-refractivity contribution in [3.8, 4) is 0 Å². The van der Waals surface area contributed by atoms with Gasteiger partial charge in [-0.05, 0) is 42.7 Å². The maximum Gasteiger partial charge on any atom is 0.340 e. The van der Waals surface area contributed by atoms with Crippen LogP contribution in [0, 0.1) is 17.8 Å². The van der Waals surface area contributed by atoms with Crippen molar-refractivity contribution in [3.63, 3.8) is 0 Å². The fourth-order valence-electron chi connectivity index (χ4n) is 3.40. The molecular formula is C19H26ClNO3. The molecular weight excluding hydrogens is 326 g/mol. The van der Waals surface area contributed by atoms with Gasteiger partial charge in [-0.25, -0.2) is 4.79 Å². The quantitative estimate of drug-likeness (QED) is 0.628. The molecule has 0 spiro atoms. The van der Waals surface area contributed by atoms with Crippen LogP contribution in [-0.2, 0) is 9.53 Å². The molecule has 132 valence electrons. The predicted molar refractivity (Wildman–Crippen MR) is 96.3 cm³/mol. The second kappa shape index (κ2) is 8.52. The van der Waals surface area contributed by atoms with Gasteiger partial charge in [0.2, 0.25) is 5.91 Å². The van der Waals surface area contributed by atoms with Crippen molar-refractivity contribution in [1.29, 1.82) is 0 Å². The Labute approximate surface area is 148 Å². The number of ether oxygens (including phenoxy) is 1. The number of halogens is 1. The van der Waals surface area contributed by atoms with E-state index in [0.29, 0.717) is 29.0 Å². The van der Waals surface area contributed by atoms with Crippen molar-refractivity contribution in [2.45, 2.75) is 46.1 Å². The summed E-state index contributed by atoms with van der Waals surface area (Å²) in [5.74, 6) is 0.535. The zero-order valence-electron chi connectivity index (χ0n) is 14.5. The van der Waals surface area contributed by atoms with Gasteiger partial charge in [0.1, 0.15) is 12.0 Å². The molecule has 3 atom stereocenters. The lowest BCUT2D eigenvalue weighted by Gasteiger charge is -2.36. The summed E-state index contributed by atoms with van der Waals surface area (Å²) in [6, 6.07) is 6.88. The summed E-state index contributed by atoms with van der Waals surface area (Å²) >= 11 is 5.53. The zero-order valence-corrected chi connectivity index (χ0v) is 15.3. The van der Waals surface area contributed by atoms with Crippen molar-refractivity contribution in [3.05, 3.63) is 29.8 Å². The van der Waals surface area contributed by atoms with Crippen molar-refractivity contribution in [2.75, 3.05) is 11.2 Å². The number of hydrogen-bond acceptors (Lipinski definition) is 3. The molecule has 0 radical (unpaired) electrons. The maximum atomic E-state index is 12.7. The average Bonchev–Trinajstić information content (AvgIpc) is 2.54. The van der Waals surface area contributed by atoms with Crippen molar-refractivity contribution < 1.29 is 14.3 Å². The van der Waals surface area contributed by atoms with Crippen LogP contribution < -0.4 is 5.32 Å². The van der Waals surface area contributed by atoms with E-state index in [0.717, 1.165) is 12.8 Å². The van der Waals surface area contributed by atoms with Gasteiger partial charge in [0.25, 0.3) is 0 Å².